The van der Waals surface area contributed by atoms with E-state index in [1.807, 2.05) is 18.2 Å². The summed E-state index contributed by atoms with van der Waals surface area (Å²) in [6, 6.07) is 8.96. The molecule has 1 aromatic heterocycles. The zero-order valence-electron chi connectivity index (χ0n) is 9.35. The SMILES string of the molecule is Nc1nnc(CS(=O)(=O)/C=C\c2ccccc2)o1. The first kappa shape index (κ1) is 12.3. The van der Waals surface area contributed by atoms with Crippen molar-refractivity contribution in [1.82, 2.24) is 10.2 Å². The predicted molar refractivity (Wildman–Crippen MR) is 66.8 cm³/mol. The zero-order valence-corrected chi connectivity index (χ0v) is 10.2. The molecule has 0 aliphatic rings. The summed E-state index contributed by atoms with van der Waals surface area (Å²) in [7, 11) is -3.45. The van der Waals surface area contributed by atoms with Crippen molar-refractivity contribution in [3.63, 3.8) is 0 Å². The van der Waals surface area contributed by atoms with Crippen LogP contribution in [-0.4, -0.2) is 18.6 Å². The molecule has 0 fully saturated rings. The van der Waals surface area contributed by atoms with Crippen molar-refractivity contribution < 1.29 is 12.8 Å². The van der Waals surface area contributed by atoms with E-state index in [9.17, 15) is 8.42 Å². The van der Waals surface area contributed by atoms with Gasteiger partial charge in [0.15, 0.2) is 9.84 Å². The standard InChI is InChI=1S/C11H11N3O3S/c12-11-14-13-10(17-11)8-18(15,16)7-6-9-4-2-1-3-5-9/h1-7H,8H2,(H2,12,14)/b7-6-. The summed E-state index contributed by atoms with van der Waals surface area (Å²) in [6.45, 7) is 0. The van der Waals surface area contributed by atoms with Crippen LogP contribution >= 0.6 is 0 Å². The second kappa shape index (κ2) is 5.01. The molecule has 0 saturated heterocycles. The maximum Gasteiger partial charge on any atom is 0.312 e. The van der Waals surface area contributed by atoms with Crippen LogP contribution < -0.4 is 5.73 Å². The van der Waals surface area contributed by atoms with Crippen LogP contribution in [0.4, 0.5) is 6.01 Å². The molecular weight excluding hydrogens is 254 g/mol. The van der Waals surface area contributed by atoms with Crippen molar-refractivity contribution >= 4 is 21.9 Å². The highest BCUT2D eigenvalue weighted by Crippen LogP contribution is 2.09. The summed E-state index contributed by atoms with van der Waals surface area (Å²) in [5.41, 5.74) is 6.01. The van der Waals surface area contributed by atoms with Crippen molar-refractivity contribution in [3.8, 4) is 0 Å². The van der Waals surface area contributed by atoms with Gasteiger partial charge in [-0.25, -0.2) is 8.42 Å². The molecule has 0 unspecified atom stereocenters. The quantitative estimate of drug-likeness (QED) is 0.892. The molecule has 0 bridgehead atoms. The van der Waals surface area contributed by atoms with Gasteiger partial charge in [-0.3, -0.25) is 0 Å². The Labute approximate surface area is 104 Å². The number of aromatic nitrogens is 2. The van der Waals surface area contributed by atoms with Crippen molar-refractivity contribution in [3.05, 3.63) is 47.2 Å². The molecule has 18 heavy (non-hydrogen) atoms. The smallest absolute Gasteiger partial charge is 0.312 e. The van der Waals surface area contributed by atoms with Gasteiger partial charge in [0, 0.05) is 5.41 Å². The van der Waals surface area contributed by atoms with Crippen LogP contribution in [0.3, 0.4) is 0 Å². The molecule has 6 nitrogen and oxygen atoms in total. The van der Waals surface area contributed by atoms with Crippen LogP contribution in [0.1, 0.15) is 11.5 Å². The third-order valence-corrected chi connectivity index (χ3v) is 3.27. The second-order valence-corrected chi connectivity index (χ2v) is 5.44. The van der Waals surface area contributed by atoms with Gasteiger partial charge in [0.2, 0.25) is 5.89 Å². The minimum Gasteiger partial charge on any atom is -0.407 e. The zero-order chi connectivity index (χ0) is 13.0. The number of benzene rings is 1. The van der Waals surface area contributed by atoms with E-state index in [1.165, 1.54) is 6.08 Å². The molecule has 0 radical (unpaired) electrons. The van der Waals surface area contributed by atoms with E-state index in [1.54, 1.807) is 12.1 Å². The van der Waals surface area contributed by atoms with E-state index < -0.39 is 9.84 Å². The molecule has 2 N–H and O–H groups in total. The molecule has 0 aliphatic heterocycles. The van der Waals surface area contributed by atoms with Crippen molar-refractivity contribution in [2.75, 3.05) is 5.73 Å². The Kier molecular flexibility index (Phi) is 3.42. The van der Waals surface area contributed by atoms with Gasteiger partial charge < -0.3 is 10.2 Å². The summed E-state index contributed by atoms with van der Waals surface area (Å²) >= 11 is 0. The summed E-state index contributed by atoms with van der Waals surface area (Å²) < 4.78 is 28.3. The molecule has 94 valence electrons. The van der Waals surface area contributed by atoms with E-state index in [2.05, 4.69) is 10.2 Å². The number of nitrogen functional groups attached to an aromatic ring is 1. The Balaban J connectivity index is 2.10. The van der Waals surface area contributed by atoms with Gasteiger partial charge in [-0.05, 0) is 11.6 Å². The predicted octanol–water partition coefficient (Wildman–Crippen LogP) is 1.24. The molecule has 0 saturated carbocycles. The molecule has 0 spiro atoms. The Bertz CT molecular complexity index is 647. The molecule has 0 amide bonds. The third-order valence-electron chi connectivity index (χ3n) is 2.07. The average molecular weight is 265 g/mol. The molecular formula is C11H11N3O3S. The normalized spacial score (nSPS) is 12.0. The fourth-order valence-corrected chi connectivity index (χ4v) is 2.21. The highest BCUT2D eigenvalue weighted by Gasteiger charge is 2.13. The number of nitrogens with zero attached hydrogens (tertiary/aromatic N) is 2. The third kappa shape index (κ3) is 3.42. The molecule has 0 atom stereocenters. The highest BCUT2D eigenvalue weighted by molar-refractivity contribution is 7.93. The monoisotopic (exact) mass is 265 g/mol. The van der Waals surface area contributed by atoms with Crippen LogP contribution in [0.2, 0.25) is 0 Å². The largest absolute Gasteiger partial charge is 0.407 e. The summed E-state index contributed by atoms with van der Waals surface area (Å²) in [4.78, 5) is 0. The minimum absolute atomic E-state index is 0.0230. The lowest BCUT2D eigenvalue weighted by atomic mass is 10.2. The van der Waals surface area contributed by atoms with E-state index in [-0.39, 0.29) is 17.7 Å². The fourth-order valence-electron chi connectivity index (χ4n) is 1.29. The molecule has 1 heterocycles. The van der Waals surface area contributed by atoms with E-state index in [0.717, 1.165) is 11.0 Å². The van der Waals surface area contributed by atoms with Crippen LogP contribution in [0.25, 0.3) is 6.08 Å². The molecule has 2 aromatic rings. The van der Waals surface area contributed by atoms with E-state index in [4.69, 9.17) is 10.2 Å². The van der Waals surface area contributed by atoms with Gasteiger partial charge in [-0.2, -0.15) is 0 Å². The van der Waals surface area contributed by atoms with Gasteiger partial charge >= 0.3 is 6.01 Å². The van der Waals surface area contributed by atoms with Crippen molar-refractivity contribution in [2.24, 2.45) is 0 Å². The first-order chi connectivity index (χ1) is 8.55. The molecule has 2 rings (SSSR count). The van der Waals surface area contributed by atoms with Gasteiger partial charge in [0.05, 0.1) is 0 Å². The van der Waals surface area contributed by atoms with Gasteiger partial charge in [-0.1, -0.05) is 35.4 Å². The number of rotatable bonds is 4. The fraction of sp³-hybridized carbons (Fsp3) is 0.0909. The highest BCUT2D eigenvalue weighted by atomic mass is 32.2. The van der Waals surface area contributed by atoms with Gasteiger partial charge in [0.1, 0.15) is 5.75 Å². The molecule has 7 heteroatoms. The van der Waals surface area contributed by atoms with Crippen LogP contribution in [0, 0.1) is 0 Å². The molecule has 1 aromatic carbocycles. The van der Waals surface area contributed by atoms with Crippen molar-refractivity contribution in [2.45, 2.75) is 5.75 Å². The molecule has 0 aliphatic carbocycles. The Morgan fingerprint density at radius 1 is 1.22 bits per heavy atom. The topological polar surface area (TPSA) is 99.1 Å². The van der Waals surface area contributed by atoms with Gasteiger partial charge in [-0.15, -0.1) is 5.10 Å². The van der Waals surface area contributed by atoms with Crippen LogP contribution in [0.5, 0.6) is 0 Å². The lowest BCUT2D eigenvalue weighted by Gasteiger charge is -1.94. The Hall–Kier alpha value is -2.15. The Morgan fingerprint density at radius 3 is 2.56 bits per heavy atom. The van der Waals surface area contributed by atoms with E-state index in [0.29, 0.717) is 0 Å². The summed E-state index contributed by atoms with van der Waals surface area (Å²) in [5, 5.41) is 8.01. The lowest BCUT2D eigenvalue weighted by molar-refractivity contribution is 0.524. The number of hydrogen-bond acceptors (Lipinski definition) is 6. The average Bonchev–Trinajstić information content (AvgIpc) is 2.73. The second-order valence-electron chi connectivity index (χ2n) is 3.55. The van der Waals surface area contributed by atoms with Crippen LogP contribution in [0.15, 0.2) is 40.2 Å². The maximum absolute atomic E-state index is 11.7. The number of hydrogen-bond donors (Lipinski definition) is 1. The number of anilines is 1. The summed E-state index contributed by atoms with van der Waals surface area (Å²) in [5.74, 6) is -0.384. The lowest BCUT2D eigenvalue weighted by Crippen LogP contribution is -2.00. The number of sulfone groups is 1. The van der Waals surface area contributed by atoms with Crippen LogP contribution in [-0.2, 0) is 15.6 Å². The van der Waals surface area contributed by atoms with E-state index >= 15 is 0 Å². The first-order valence-corrected chi connectivity index (χ1v) is 6.80. The first-order valence-electron chi connectivity index (χ1n) is 5.09. The number of nitrogens with two attached hydrogens (primary N) is 1. The van der Waals surface area contributed by atoms with Gasteiger partial charge in [0.25, 0.3) is 0 Å². The summed E-state index contributed by atoms with van der Waals surface area (Å²) in [6.07, 6.45) is 1.51. The maximum atomic E-state index is 11.7. The Morgan fingerprint density at radius 2 is 1.94 bits per heavy atom. The minimum atomic E-state index is -3.45. The van der Waals surface area contributed by atoms with Crippen molar-refractivity contribution in [1.29, 1.82) is 0 Å².